The molecule has 4 nitrogen and oxygen atoms in total. The van der Waals surface area contributed by atoms with E-state index in [1.807, 2.05) is 13.0 Å². The first kappa shape index (κ1) is 14.9. The summed E-state index contributed by atoms with van der Waals surface area (Å²) in [5.74, 6) is 1.26. The summed E-state index contributed by atoms with van der Waals surface area (Å²) < 4.78 is 27.6. The van der Waals surface area contributed by atoms with E-state index < -0.39 is 10.0 Å². The largest absolute Gasteiger partial charge is 0.398 e. The minimum Gasteiger partial charge on any atom is -0.398 e. The fourth-order valence-electron chi connectivity index (χ4n) is 3.94. The van der Waals surface area contributed by atoms with Crippen LogP contribution in [-0.4, -0.2) is 25.8 Å². The monoisotopic (exact) mass is 308 g/mol. The van der Waals surface area contributed by atoms with Gasteiger partial charge in [0.05, 0.1) is 5.69 Å². The van der Waals surface area contributed by atoms with Gasteiger partial charge in [-0.05, 0) is 43.2 Å². The highest BCUT2D eigenvalue weighted by molar-refractivity contribution is 7.89. The Morgan fingerprint density at radius 2 is 1.86 bits per heavy atom. The van der Waals surface area contributed by atoms with Gasteiger partial charge >= 0.3 is 0 Å². The molecule has 0 aromatic heterocycles. The van der Waals surface area contributed by atoms with Crippen LogP contribution in [0.1, 0.15) is 37.7 Å². The van der Waals surface area contributed by atoms with Gasteiger partial charge in [0.1, 0.15) is 4.90 Å². The fourth-order valence-corrected chi connectivity index (χ4v) is 5.77. The summed E-state index contributed by atoms with van der Waals surface area (Å²) >= 11 is 0. The first-order valence-corrected chi connectivity index (χ1v) is 9.29. The highest BCUT2D eigenvalue weighted by atomic mass is 32.2. The summed E-state index contributed by atoms with van der Waals surface area (Å²) in [6, 6.07) is 5.29. The first-order valence-electron chi connectivity index (χ1n) is 7.85. The Kier molecular flexibility index (Phi) is 3.97. The molecule has 1 saturated heterocycles. The average Bonchev–Trinajstić information content (AvgIpc) is 2.46. The molecule has 1 saturated carbocycles. The molecule has 1 aromatic rings. The number of anilines is 1. The Hall–Kier alpha value is -1.07. The molecule has 2 unspecified atom stereocenters. The number of piperidine rings is 1. The average molecular weight is 308 g/mol. The van der Waals surface area contributed by atoms with Gasteiger partial charge in [-0.2, -0.15) is 4.31 Å². The molecular weight excluding hydrogens is 284 g/mol. The van der Waals surface area contributed by atoms with Crippen LogP contribution in [0.2, 0.25) is 0 Å². The number of nitrogens with two attached hydrogens (primary N) is 1. The molecule has 2 fully saturated rings. The summed E-state index contributed by atoms with van der Waals surface area (Å²) in [5, 5.41) is 0. The molecule has 1 aliphatic carbocycles. The van der Waals surface area contributed by atoms with Crippen LogP contribution in [-0.2, 0) is 10.0 Å². The molecule has 5 heteroatoms. The molecule has 2 aliphatic rings. The van der Waals surface area contributed by atoms with Crippen molar-refractivity contribution in [2.75, 3.05) is 18.8 Å². The van der Waals surface area contributed by atoms with E-state index in [1.54, 1.807) is 16.4 Å². The van der Waals surface area contributed by atoms with Gasteiger partial charge < -0.3 is 5.73 Å². The first-order chi connectivity index (χ1) is 10.00. The van der Waals surface area contributed by atoms with Crippen LogP contribution in [0, 0.1) is 18.8 Å². The Morgan fingerprint density at radius 3 is 2.57 bits per heavy atom. The predicted octanol–water partition coefficient (Wildman–Crippen LogP) is 2.78. The number of sulfonamides is 1. The number of hydrogen-bond donors (Lipinski definition) is 1. The molecule has 21 heavy (non-hydrogen) atoms. The number of aryl methyl sites for hydroxylation is 1. The second kappa shape index (κ2) is 5.61. The van der Waals surface area contributed by atoms with Gasteiger partial charge in [0, 0.05) is 13.1 Å². The standard InChI is InChI=1S/C16H24N2O2S/c1-12-5-4-8-15(17)16(12)21(19,20)18-10-9-13-6-2-3-7-14(13)11-18/h4-5,8,13-14H,2-3,6-7,9-11,17H2,1H3. The van der Waals surface area contributed by atoms with Crippen LogP contribution in [0.15, 0.2) is 23.1 Å². The molecular formula is C16H24N2O2S. The zero-order valence-corrected chi connectivity index (χ0v) is 13.4. The minimum absolute atomic E-state index is 0.305. The van der Waals surface area contributed by atoms with Crippen molar-refractivity contribution in [3.63, 3.8) is 0 Å². The molecule has 2 N–H and O–H groups in total. The molecule has 1 heterocycles. The molecule has 0 spiro atoms. The molecule has 0 amide bonds. The van der Waals surface area contributed by atoms with Crippen LogP contribution >= 0.6 is 0 Å². The van der Waals surface area contributed by atoms with Crippen molar-refractivity contribution in [2.24, 2.45) is 11.8 Å². The third kappa shape index (κ3) is 2.69. The van der Waals surface area contributed by atoms with Gasteiger partial charge in [0.25, 0.3) is 0 Å². The maximum absolute atomic E-state index is 12.9. The normalized spacial score (nSPS) is 27.3. The zero-order valence-electron chi connectivity index (χ0n) is 12.6. The van der Waals surface area contributed by atoms with E-state index in [0.29, 0.717) is 29.6 Å². The topological polar surface area (TPSA) is 63.4 Å². The molecule has 1 aliphatic heterocycles. The van der Waals surface area contributed by atoms with Gasteiger partial charge in [-0.15, -0.1) is 0 Å². The highest BCUT2D eigenvalue weighted by Gasteiger charge is 2.37. The fraction of sp³-hybridized carbons (Fsp3) is 0.625. The number of benzene rings is 1. The van der Waals surface area contributed by atoms with E-state index in [2.05, 4.69) is 0 Å². The predicted molar refractivity (Wildman–Crippen MR) is 84.4 cm³/mol. The number of rotatable bonds is 2. The molecule has 116 valence electrons. The third-order valence-electron chi connectivity index (χ3n) is 5.09. The van der Waals surface area contributed by atoms with Gasteiger partial charge in [-0.3, -0.25) is 0 Å². The van der Waals surface area contributed by atoms with Crippen molar-refractivity contribution in [2.45, 2.75) is 43.9 Å². The smallest absolute Gasteiger partial charge is 0.245 e. The maximum atomic E-state index is 12.9. The lowest BCUT2D eigenvalue weighted by Crippen LogP contribution is -2.45. The number of hydrogen-bond acceptors (Lipinski definition) is 3. The van der Waals surface area contributed by atoms with Crippen LogP contribution < -0.4 is 5.73 Å². The Bertz CT molecular complexity index is 607. The van der Waals surface area contributed by atoms with E-state index in [-0.39, 0.29) is 0 Å². The van der Waals surface area contributed by atoms with Crippen molar-refractivity contribution in [1.82, 2.24) is 4.31 Å². The minimum atomic E-state index is -3.47. The summed E-state index contributed by atoms with van der Waals surface area (Å²) in [5.41, 5.74) is 7.04. The molecule has 2 atom stereocenters. The van der Waals surface area contributed by atoms with Crippen LogP contribution in [0.4, 0.5) is 5.69 Å². The number of nitrogen functional groups attached to an aromatic ring is 1. The lowest BCUT2D eigenvalue weighted by molar-refractivity contribution is 0.136. The Morgan fingerprint density at radius 1 is 1.14 bits per heavy atom. The third-order valence-corrected chi connectivity index (χ3v) is 7.18. The summed E-state index contributed by atoms with van der Waals surface area (Å²) in [6.07, 6.45) is 5.97. The van der Waals surface area contributed by atoms with E-state index in [0.717, 1.165) is 17.9 Å². The van der Waals surface area contributed by atoms with Gasteiger partial charge in [-0.25, -0.2) is 8.42 Å². The van der Waals surface area contributed by atoms with E-state index >= 15 is 0 Å². The molecule has 0 bridgehead atoms. The quantitative estimate of drug-likeness (QED) is 0.855. The van der Waals surface area contributed by atoms with Gasteiger partial charge in [0.2, 0.25) is 10.0 Å². The van der Waals surface area contributed by atoms with Gasteiger partial charge in [-0.1, -0.05) is 31.4 Å². The number of nitrogens with zero attached hydrogens (tertiary/aromatic N) is 1. The second-order valence-corrected chi connectivity index (χ2v) is 8.32. The van der Waals surface area contributed by atoms with Crippen LogP contribution in [0.3, 0.4) is 0 Å². The Labute approximate surface area is 127 Å². The molecule has 1 aromatic carbocycles. The lowest BCUT2D eigenvalue weighted by Gasteiger charge is -2.40. The summed E-state index contributed by atoms with van der Waals surface area (Å²) in [4.78, 5) is 0.305. The Balaban J connectivity index is 1.89. The van der Waals surface area contributed by atoms with Crippen molar-refractivity contribution < 1.29 is 8.42 Å². The summed E-state index contributed by atoms with van der Waals surface area (Å²) in [7, 11) is -3.47. The number of fused-ring (bicyclic) bond motifs is 1. The second-order valence-electron chi connectivity index (χ2n) is 6.45. The molecule has 0 radical (unpaired) electrons. The SMILES string of the molecule is Cc1cccc(N)c1S(=O)(=O)N1CCC2CCCCC2C1. The van der Waals surface area contributed by atoms with Gasteiger partial charge in [0.15, 0.2) is 0 Å². The molecule has 3 rings (SSSR count). The van der Waals surface area contributed by atoms with Crippen molar-refractivity contribution in [1.29, 1.82) is 0 Å². The van der Waals surface area contributed by atoms with Crippen LogP contribution in [0.25, 0.3) is 0 Å². The lowest BCUT2D eigenvalue weighted by atomic mass is 9.76. The highest BCUT2D eigenvalue weighted by Crippen LogP contribution is 2.38. The van der Waals surface area contributed by atoms with Crippen LogP contribution in [0.5, 0.6) is 0 Å². The van der Waals surface area contributed by atoms with E-state index in [1.165, 1.54) is 25.7 Å². The maximum Gasteiger partial charge on any atom is 0.245 e. The van der Waals surface area contributed by atoms with Crippen molar-refractivity contribution in [3.8, 4) is 0 Å². The summed E-state index contributed by atoms with van der Waals surface area (Å²) in [6.45, 7) is 3.12. The zero-order chi connectivity index (χ0) is 15.0. The van der Waals surface area contributed by atoms with Crippen molar-refractivity contribution >= 4 is 15.7 Å². The van der Waals surface area contributed by atoms with Crippen molar-refractivity contribution in [3.05, 3.63) is 23.8 Å². The van der Waals surface area contributed by atoms with E-state index in [4.69, 9.17) is 5.73 Å². The van der Waals surface area contributed by atoms with E-state index in [9.17, 15) is 8.42 Å².